The minimum absolute atomic E-state index is 0.0702. The van der Waals surface area contributed by atoms with Gasteiger partial charge in [0.15, 0.2) is 0 Å². The highest BCUT2D eigenvalue weighted by molar-refractivity contribution is 9.10. The van der Waals surface area contributed by atoms with Crippen LogP contribution < -0.4 is 5.32 Å². The smallest absolute Gasteiger partial charge is 0.142 e. The molecule has 0 aliphatic heterocycles. The second-order valence-corrected chi connectivity index (χ2v) is 7.12. The zero-order valence-electron chi connectivity index (χ0n) is 13.2. The number of nitrogens with one attached hydrogen (secondary N) is 1. The summed E-state index contributed by atoms with van der Waals surface area (Å²) in [5.41, 5.74) is 1.23. The third-order valence-corrected chi connectivity index (χ3v) is 3.57. The van der Waals surface area contributed by atoms with Crippen molar-refractivity contribution in [2.75, 3.05) is 0 Å². The Labute approximate surface area is 135 Å². The van der Waals surface area contributed by atoms with Gasteiger partial charge in [-0.2, -0.15) is 0 Å². The molecule has 0 unspecified atom stereocenters. The quantitative estimate of drug-likeness (QED) is 0.889. The number of rotatable bonds is 5. The normalized spacial score (nSPS) is 11.9. The molecule has 0 aliphatic carbocycles. The third kappa shape index (κ3) is 4.38. The lowest BCUT2D eigenvalue weighted by atomic mass is 10.1. The first-order valence-corrected chi connectivity index (χ1v) is 8.12. The second-order valence-electron chi connectivity index (χ2n) is 6.20. The lowest BCUT2D eigenvalue weighted by molar-refractivity contribution is 0.423. The maximum Gasteiger partial charge on any atom is 0.142 e. The van der Waals surface area contributed by atoms with Gasteiger partial charge in [0.25, 0.3) is 0 Å². The van der Waals surface area contributed by atoms with Crippen LogP contribution >= 0.6 is 15.9 Å². The van der Waals surface area contributed by atoms with Crippen LogP contribution in [0.1, 0.15) is 45.5 Å². The standard InChI is InChI=1S/C16H23BrN4/c1-5-6-14-18-7-8-21(14)15-12(9-13(17)11-19-15)10-20-16(2,3)4/h7-9,11,20H,5-6,10H2,1-4H3. The monoisotopic (exact) mass is 350 g/mol. The zero-order valence-corrected chi connectivity index (χ0v) is 14.7. The minimum atomic E-state index is 0.0702. The highest BCUT2D eigenvalue weighted by Gasteiger charge is 2.14. The van der Waals surface area contributed by atoms with Gasteiger partial charge in [-0.15, -0.1) is 0 Å². The van der Waals surface area contributed by atoms with E-state index in [4.69, 9.17) is 0 Å². The van der Waals surface area contributed by atoms with Crippen LogP contribution in [0.2, 0.25) is 0 Å². The first-order valence-electron chi connectivity index (χ1n) is 7.33. The van der Waals surface area contributed by atoms with Crippen molar-refractivity contribution in [3.63, 3.8) is 0 Å². The van der Waals surface area contributed by atoms with Gasteiger partial charge < -0.3 is 5.32 Å². The molecule has 0 radical (unpaired) electrons. The van der Waals surface area contributed by atoms with E-state index in [0.717, 1.165) is 41.1 Å². The van der Waals surface area contributed by atoms with Gasteiger partial charge in [0.2, 0.25) is 0 Å². The highest BCUT2D eigenvalue weighted by Crippen LogP contribution is 2.20. The summed E-state index contributed by atoms with van der Waals surface area (Å²) < 4.78 is 3.09. The SMILES string of the molecule is CCCc1nccn1-c1ncc(Br)cc1CNC(C)(C)C. The summed E-state index contributed by atoms with van der Waals surface area (Å²) in [6.07, 6.45) is 7.70. The van der Waals surface area contributed by atoms with Crippen molar-refractivity contribution in [2.24, 2.45) is 0 Å². The molecule has 2 aromatic rings. The van der Waals surface area contributed by atoms with Gasteiger partial charge in [-0.1, -0.05) is 6.92 Å². The molecule has 2 heterocycles. The van der Waals surface area contributed by atoms with Crippen LogP contribution in [0.3, 0.4) is 0 Å². The van der Waals surface area contributed by atoms with Gasteiger partial charge in [0.05, 0.1) is 0 Å². The molecule has 0 bridgehead atoms. The average molecular weight is 351 g/mol. The van der Waals surface area contributed by atoms with Crippen LogP contribution in [0.4, 0.5) is 0 Å². The molecule has 2 aromatic heterocycles. The summed E-state index contributed by atoms with van der Waals surface area (Å²) in [5, 5.41) is 3.52. The molecule has 0 aliphatic rings. The zero-order chi connectivity index (χ0) is 15.5. The predicted octanol–water partition coefficient (Wildman–Crippen LogP) is 3.87. The first kappa shape index (κ1) is 16.2. The molecule has 114 valence electrons. The fraction of sp³-hybridized carbons (Fsp3) is 0.500. The van der Waals surface area contributed by atoms with Gasteiger partial charge in [-0.3, -0.25) is 4.57 Å². The van der Waals surface area contributed by atoms with Gasteiger partial charge >= 0.3 is 0 Å². The average Bonchev–Trinajstić information content (AvgIpc) is 2.84. The van der Waals surface area contributed by atoms with E-state index >= 15 is 0 Å². The van der Waals surface area contributed by atoms with Crippen LogP contribution in [0.5, 0.6) is 0 Å². The molecule has 0 atom stereocenters. The molecule has 5 heteroatoms. The molecule has 4 nitrogen and oxygen atoms in total. The number of hydrogen-bond acceptors (Lipinski definition) is 3. The van der Waals surface area contributed by atoms with E-state index in [0.29, 0.717) is 0 Å². The molecule has 21 heavy (non-hydrogen) atoms. The number of aromatic nitrogens is 3. The van der Waals surface area contributed by atoms with E-state index in [1.807, 2.05) is 18.6 Å². The molecule has 0 fully saturated rings. The molecule has 0 saturated heterocycles. The van der Waals surface area contributed by atoms with Gasteiger partial charge in [-0.05, 0) is 49.2 Å². The fourth-order valence-corrected chi connectivity index (χ4v) is 2.50. The van der Waals surface area contributed by atoms with E-state index in [-0.39, 0.29) is 5.54 Å². The van der Waals surface area contributed by atoms with E-state index in [1.54, 1.807) is 0 Å². The van der Waals surface area contributed by atoms with Crippen LogP contribution in [-0.2, 0) is 13.0 Å². The molecule has 0 spiro atoms. The summed E-state index contributed by atoms with van der Waals surface area (Å²) in [4.78, 5) is 9.05. The number of pyridine rings is 1. The van der Waals surface area contributed by atoms with Gasteiger partial charge in [0, 0.05) is 47.1 Å². The maximum absolute atomic E-state index is 4.60. The summed E-state index contributed by atoms with van der Waals surface area (Å²) in [6, 6.07) is 2.12. The number of imidazole rings is 1. The Kier molecular flexibility index (Phi) is 5.17. The van der Waals surface area contributed by atoms with Crippen molar-refractivity contribution < 1.29 is 0 Å². The second kappa shape index (κ2) is 6.71. The number of nitrogens with zero attached hydrogens (tertiary/aromatic N) is 3. The number of hydrogen-bond donors (Lipinski definition) is 1. The minimum Gasteiger partial charge on any atom is -0.308 e. The van der Waals surface area contributed by atoms with Gasteiger partial charge in [0.1, 0.15) is 11.6 Å². The van der Waals surface area contributed by atoms with Crippen molar-refractivity contribution in [1.82, 2.24) is 19.9 Å². The fourth-order valence-electron chi connectivity index (χ4n) is 2.12. The summed E-state index contributed by atoms with van der Waals surface area (Å²) >= 11 is 3.51. The van der Waals surface area contributed by atoms with Gasteiger partial charge in [-0.25, -0.2) is 9.97 Å². The van der Waals surface area contributed by atoms with Crippen LogP contribution in [-0.4, -0.2) is 20.1 Å². The Morgan fingerprint density at radius 3 is 2.71 bits per heavy atom. The summed E-state index contributed by atoms with van der Waals surface area (Å²) in [6.45, 7) is 9.43. The van der Waals surface area contributed by atoms with Crippen LogP contribution in [0, 0.1) is 0 Å². The van der Waals surface area contributed by atoms with Crippen molar-refractivity contribution in [3.05, 3.63) is 40.5 Å². The number of aryl methyl sites for hydroxylation is 1. The van der Waals surface area contributed by atoms with Crippen molar-refractivity contribution in [3.8, 4) is 5.82 Å². The Morgan fingerprint density at radius 1 is 1.29 bits per heavy atom. The first-order chi connectivity index (χ1) is 9.90. The lowest BCUT2D eigenvalue weighted by Crippen LogP contribution is -2.35. The molecule has 0 amide bonds. The molecule has 0 saturated carbocycles. The van der Waals surface area contributed by atoms with Crippen LogP contribution in [0.25, 0.3) is 5.82 Å². The summed E-state index contributed by atoms with van der Waals surface area (Å²) in [5.74, 6) is 2.01. The third-order valence-electron chi connectivity index (χ3n) is 3.14. The largest absolute Gasteiger partial charge is 0.308 e. The van der Waals surface area contributed by atoms with E-state index < -0.39 is 0 Å². The van der Waals surface area contributed by atoms with Crippen molar-refractivity contribution in [2.45, 2.75) is 52.6 Å². The molecule has 1 N–H and O–H groups in total. The topological polar surface area (TPSA) is 42.7 Å². The van der Waals surface area contributed by atoms with E-state index in [2.05, 4.69) is 69.5 Å². The lowest BCUT2D eigenvalue weighted by Gasteiger charge is -2.22. The molecular formula is C16H23BrN4. The number of halogens is 1. The Hall–Kier alpha value is -1.20. The van der Waals surface area contributed by atoms with Crippen molar-refractivity contribution in [1.29, 1.82) is 0 Å². The van der Waals surface area contributed by atoms with Crippen LogP contribution in [0.15, 0.2) is 29.1 Å². The van der Waals surface area contributed by atoms with E-state index in [1.165, 1.54) is 0 Å². The maximum atomic E-state index is 4.60. The predicted molar refractivity (Wildman–Crippen MR) is 89.6 cm³/mol. The molecule has 2 rings (SSSR count). The summed E-state index contributed by atoms with van der Waals surface area (Å²) in [7, 11) is 0. The Morgan fingerprint density at radius 2 is 2.05 bits per heavy atom. The molecule has 0 aromatic carbocycles. The highest BCUT2D eigenvalue weighted by atomic mass is 79.9. The van der Waals surface area contributed by atoms with E-state index in [9.17, 15) is 0 Å². The van der Waals surface area contributed by atoms with Crippen molar-refractivity contribution >= 4 is 15.9 Å². The Bertz CT molecular complexity index is 599. The molecular weight excluding hydrogens is 328 g/mol. The Balaban J connectivity index is 2.36.